The Balaban J connectivity index is 1.53. The third-order valence-corrected chi connectivity index (χ3v) is 3.03. The van der Waals surface area contributed by atoms with E-state index in [-0.39, 0.29) is 11.6 Å². The summed E-state index contributed by atoms with van der Waals surface area (Å²) in [5.41, 5.74) is 0.282. The lowest BCUT2D eigenvalue weighted by molar-refractivity contribution is 0.236. The third-order valence-electron chi connectivity index (χ3n) is 3.03. The first-order chi connectivity index (χ1) is 10.8. The summed E-state index contributed by atoms with van der Waals surface area (Å²) in [6.45, 7) is 0.935. The van der Waals surface area contributed by atoms with Crippen molar-refractivity contribution in [3.63, 3.8) is 0 Å². The van der Waals surface area contributed by atoms with Crippen molar-refractivity contribution in [2.24, 2.45) is 0 Å². The van der Waals surface area contributed by atoms with Gasteiger partial charge in [0.1, 0.15) is 5.75 Å². The van der Waals surface area contributed by atoms with Crippen LogP contribution in [0.3, 0.4) is 0 Å². The summed E-state index contributed by atoms with van der Waals surface area (Å²) in [7, 11) is 0. The van der Waals surface area contributed by atoms with E-state index in [0.29, 0.717) is 30.5 Å². The normalized spacial score (nSPS) is 10.5. The summed E-state index contributed by atoms with van der Waals surface area (Å²) in [6, 6.07) is 11.4. The number of H-pyrrole nitrogens is 1. The molecule has 6 heteroatoms. The fraction of sp³-hybridized carbons (Fsp3) is 0.188. The maximum absolute atomic E-state index is 11.8. The molecule has 6 nitrogen and oxygen atoms in total. The molecule has 2 heterocycles. The number of ether oxygens (including phenoxy) is 2. The summed E-state index contributed by atoms with van der Waals surface area (Å²) >= 11 is 0. The molecule has 0 saturated carbocycles. The molecule has 0 saturated heterocycles. The molecule has 112 valence electrons. The summed E-state index contributed by atoms with van der Waals surface area (Å²) < 4.78 is 11.0. The number of hydrogen-bond acceptors (Lipinski definition) is 5. The molecule has 0 unspecified atom stereocenters. The number of benzene rings is 1. The molecule has 1 aromatic carbocycles. The molecule has 0 aliphatic heterocycles. The molecule has 0 aliphatic rings. The second-order valence-electron chi connectivity index (χ2n) is 4.63. The summed E-state index contributed by atoms with van der Waals surface area (Å²) in [5, 5.41) is 0.495. The van der Waals surface area contributed by atoms with Gasteiger partial charge in [0.15, 0.2) is 0 Å². The van der Waals surface area contributed by atoms with E-state index in [9.17, 15) is 4.79 Å². The average Bonchev–Trinajstić information content (AvgIpc) is 2.56. The van der Waals surface area contributed by atoms with Crippen LogP contribution in [0.15, 0.2) is 53.6 Å². The maximum Gasteiger partial charge on any atom is 0.297 e. The minimum Gasteiger partial charge on any atom is -0.493 e. The van der Waals surface area contributed by atoms with Crippen molar-refractivity contribution in [3.8, 4) is 11.8 Å². The Morgan fingerprint density at radius 3 is 2.73 bits per heavy atom. The molecule has 3 rings (SSSR count). The van der Waals surface area contributed by atoms with Gasteiger partial charge in [-0.05, 0) is 18.2 Å². The fourth-order valence-electron chi connectivity index (χ4n) is 1.97. The summed E-state index contributed by atoms with van der Waals surface area (Å²) in [6.07, 6.45) is 3.78. The van der Waals surface area contributed by atoms with E-state index in [4.69, 9.17) is 9.47 Å². The first-order valence-corrected chi connectivity index (χ1v) is 6.97. The van der Waals surface area contributed by atoms with Crippen LogP contribution in [0, 0.1) is 0 Å². The van der Waals surface area contributed by atoms with Crippen molar-refractivity contribution in [3.05, 3.63) is 59.1 Å². The zero-order chi connectivity index (χ0) is 15.2. The number of rotatable bonds is 6. The van der Waals surface area contributed by atoms with Crippen molar-refractivity contribution < 1.29 is 9.47 Å². The highest BCUT2D eigenvalue weighted by Crippen LogP contribution is 2.09. The lowest BCUT2D eigenvalue weighted by atomic mass is 10.3. The Hall–Kier alpha value is -2.89. The number of para-hydroxylation sites is 1. The standard InChI is InChI=1S/C16H15N3O3/c20-15-13-7-8-17-11-14(13)18-16(19-15)22-10-4-9-21-12-5-2-1-3-6-12/h1-3,5-8,11H,4,9-10H2,(H,18,19,20). The molecule has 0 amide bonds. The van der Waals surface area contributed by atoms with Crippen molar-refractivity contribution in [2.45, 2.75) is 6.42 Å². The smallest absolute Gasteiger partial charge is 0.297 e. The Morgan fingerprint density at radius 1 is 1.05 bits per heavy atom. The van der Waals surface area contributed by atoms with Gasteiger partial charge in [-0.3, -0.25) is 14.8 Å². The van der Waals surface area contributed by atoms with Crippen LogP contribution < -0.4 is 15.0 Å². The van der Waals surface area contributed by atoms with Gasteiger partial charge in [-0.25, -0.2) is 0 Å². The molecule has 1 N–H and O–H groups in total. The molecular formula is C16H15N3O3. The van der Waals surface area contributed by atoms with Crippen LogP contribution >= 0.6 is 0 Å². The van der Waals surface area contributed by atoms with Crippen LogP contribution in [0.4, 0.5) is 0 Å². The largest absolute Gasteiger partial charge is 0.493 e. The van der Waals surface area contributed by atoms with Crippen LogP contribution in [0.25, 0.3) is 10.9 Å². The molecule has 3 aromatic rings. The molecule has 0 fully saturated rings. The highest BCUT2D eigenvalue weighted by atomic mass is 16.5. The predicted molar refractivity (Wildman–Crippen MR) is 82.2 cm³/mol. The fourth-order valence-corrected chi connectivity index (χ4v) is 1.97. The van der Waals surface area contributed by atoms with Crippen molar-refractivity contribution >= 4 is 10.9 Å². The van der Waals surface area contributed by atoms with E-state index < -0.39 is 0 Å². The zero-order valence-corrected chi connectivity index (χ0v) is 11.9. The SMILES string of the molecule is O=c1[nH]c(OCCCOc2ccccc2)nc2cnccc12. The highest BCUT2D eigenvalue weighted by Gasteiger charge is 2.04. The predicted octanol–water partition coefficient (Wildman–Crippen LogP) is 2.17. The van der Waals surface area contributed by atoms with Gasteiger partial charge in [-0.1, -0.05) is 18.2 Å². The first-order valence-electron chi connectivity index (χ1n) is 6.97. The molecule has 0 bridgehead atoms. The Morgan fingerprint density at radius 2 is 1.86 bits per heavy atom. The van der Waals surface area contributed by atoms with Gasteiger partial charge in [0.25, 0.3) is 11.6 Å². The van der Waals surface area contributed by atoms with E-state index in [2.05, 4.69) is 15.0 Å². The van der Waals surface area contributed by atoms with Gasteiger partial charge in [0.2, 0.25) is 0 Å². The van der Waals surface area contributed by atoms with Crippen LogP contribution in [0.5, 0.6) is 11.8 Å². The topological polar surface area (TPSA) is 77.1 Å². The van der Waals surface area contributed by atoms with Crippen molar-refractivity contribution in [1.82, 2.24) is 15.0 Å². The van der Waals surface area contributed by atoms with Gasteiger partial charge in [-0.2, -0.15) is 4.98 Å². The minimum absolute atomic E-state index is 0.199. The van der Waals surface area contributed by atoms with Crippen molar-refractivity contribution in [2.75, 3.05) is 13.2 Å². The van der Waals surface area contributed by atoms with Gasteiger partial charge < -0.3 is 9.47 Å². The zero-order valence-electron chi connectivity index (χ0n) is 11.9. The summed E-state index contributed by atoms with van der Waals surface area (Å²) in [4.78, 5) is 22.6. The summed E-state index contributed by atoms with van der Waals surface area (Å²) in [5.74, 6) is 0.825. The van der Waals surface area contributed by atoms with E-state index in [1.54, 1.807) is 12.3 Å². The van der Waals surface area contributed by atoms with Gasteiger partial charge >= 0.3 is 0 Å². The average molecular weight is 297 g/mol. The van der Waals surface area contributed by atoms with E-state index in [1.165, 1.54) is 6.20 Å². The molecule has 2 aromatic heterocycles. The minimum atomic E-state index is -0.233. The van der Waals surface area contributed by atoms with Crippen LogP contribution in [-0.4, -0.2) is 28.2 Å². The van der Waals surface area contributed by atoms with Gasteiger partial charge in [0, 0.05) is 12.6 Å². The number of nitrogens with one attached hydrogen (secondary N) is 1. The van der Waals surface area contributed by atoms with E-state index in [1.807, 2.05) is 30.3 Å². The van der Waals surface area contributed by atoms with Crippen LogP contribution in [-0.2, 0) is 0 Å². The molecule has 0 spiro atoms. The molecule has 0 radical (unpaired) electrons. The number of nitrogens with zero attached hydrogens (tertiary/aromatic N) is 2. The first kappa shape index (κ1) is 14.1. The Kier molecular flexibility index (Phi) is 4.29. The lowest BCUT2D eigenvalue weighted by Crippen LogP contribution is -2.13. The third kappa shape index (κ3) is 3.41. The number of hydrogen-bond donors (Lipinski definition) is 1. The number of aromatic nitrogens is 3. The maximum atomic E-state index is 11.8. The Bertz CT molecular complexity index is 802. The monoisotopic (exact) mass is 297 g/mol. The number of fused-ring (bicyclic) bond motifs is 1. The van der Waals surface area contributed by atoms with Crippen molar-refractivity contribution in [1.29, 1.82) is 0 Å². The molecular weight excluding hydrogens is 282 g/mol. The van der Waals surface area contributed by atoms with Gasteiger partial charge in [0.05, 0.1) is 30.3 Å². The van der Waals surface area contributed by atoms with Crippen LogP contribution in [0.1, 0.15) is 6.42 Å². The van der Waals surface area contributed by atoms with E-state index >= 15 is 0 Å². The number of pyridine rings is 1. The lowest BCUT2D eigenvalue weighted by Gasteiger charge is -2.07. The quantitative estimate of drug-likeness (QED) is 0.706. The van der Waals surface area contributed by atoms with E-state index in [0.717, 1.165) is 5.75 Å². The number of aromatic amines is 1. The van der Waals surface area contributed by atoms with Crippen LogP contribution in [0.2, 0.25) is 0 Å². The second-order valence-corrected chi connectivity index (χ2v) is 4.63. The Labute approximate surface area is 126 Å². The second kappa shape index (κ2) is 6.71. The highest BCUT2D eigenvalue weighted by molar-refractivity contribution is 5.76. The molecule has 22 heavy (non-hydrogen) atoms. The molecule has 0 aliphatic carbocycles. The van der Waals surface area contributed by atoms with Gasteiger partial charge in [-0.15, -0.1) is 0 Å². The molecule has 0 atom stereocenters.